The number of benzene rings is 3. The van der Waals surface area contributed by atoms with Crippen molar-refractivity contribution >= 4 is 20.4 Å². The molecule has 0 amide bonds. The predicted molar refractivity (Wildman–Crippen MR) is 133 cm³/mol. The molecule has 0 fully saturated rings. The Labute approximate surface area is 231 Å². The van der Waals surface area contributed by atoms with Gasteiger partial charge in [0.25, 0.3) is 0 Å². The van der Waals surface area contributed by atoms with Crippen LogP contribution in [0.4, 0.5) is 39.5 Å². The second kappa shape index (κ2) is 11.8. The maximum Gasteiger partial charge on any atom is 0.460 e. The van der Waals surface area contributed by atoms with Gasteiger partial charge in [0.1, 0.15) is 5.75 Å². The van der Waals surface area contributed by atoms with Crippen molar-refractivity contribution in [1.29, 1.82) is 0 Å². The Balaban J connectivity index is 2.38. The third kappa shape index (κ3) is 5.75. The highest BCUT2D eigenvalue weighted by atomic mass is 32.3. The quantitative estimate of drug-likeness (QED) is 0.148. The van der Waals surface area contributed by atoms with E-state index in [2.05, 4.69) is 0 Å². The maximum atomic E-state index is 15.0. The summed E-state index contributed by atoms with van der Waals surface area (Å²) in [6.45, 7) is 1.87. The smallest absolute Gasteiger partial charge is 0.460 e. The van der Waals surface area contributed by atoms with Crippen LogP contribution >= 0.6 is 10.3 Å². The number of rotatable bonds is 12. The number of para-hydroxylation sites is 1. The predicted octanol–water partition coefficient (Wildman–Crippen LogP) is 8.83. The number of halogens is 9. The van der Waals surface area contributed by atoms with Crippen molar-refractivity contribution in [3.05, 3.63) is 84.9 Å². The molecule has 0 aliphatic rings. The Bertz CT molecular complexity index is 1380. The molecular formula is C26H23F9O4S2. The minimum Gasteiger partial charge on any atom is -0.492 e. The summed E-state index contributed by atoms with van der Waals surface area (Å²) < 4.78 is 161. The van der Waals surface area contributed by atoms with E-state index in [1.54, 1.807) is 0 Å². The van der Waals surface area contributed by atoms with Gasteiger partial charge in [0.15, 0.2) is 0 Å². The van der Waals surface area contributed by atoms with Crippen LogP contribution < -0.4 is 4.74 Å². The van der Waals surface area contributed by atoms with Crippen molar-refractivity contribution < 1.29 is 56.3 Å². The summed E-state index contributed by atoms with van der Waals surface area (Å²) in [5.41, 5.74) is 0. The molecule has 4 nitrogen and oxygen atoms in total. The van der Waals surface area contributed by atoms with E-state index in [0.29, 0.717) is 12.8 Å². The molecule has 0 bridgehead atoms. The molecule has 0 radical (unpaired) electrons. The van der Waals surface area contributed by atoms with Gasteiger partial charge in [0.05, 0.1) is 11.5 Å². The molecule has 0 aliphatic heterocycles. The van der Waals surface area contributed by atoms with Crippen LogP contribution in [-0.4, -0.2) is 38.3 Å². The van der Waals surface area contributed by atoms with E-state index in [1.807, 2.05) is 6.92 Å². The van der Waals surface area contributed by atoms with Crippen molar-refractivity contribution in [3.63, 3.8) is 0 Å². The molecule has 3 aromatic carbocycles. The van der Waals surface area contributed by atoms with Crippen LogP contribution in [0.5, 0.6) is 5.75 Å². The first kappa shape index (κ1) is 32.6. The van der Waals surface area contributed by atoms with Crippen LogP contribution in [-0.2, 0) is 13.7 Å². The fourth-order valence-electron chi connectivity index (χ4n) is 3.56. The zero-order valence-corrected chi connectivity index (χ0v) is 22.7. The number of hydrogen-bond donors (Lipinski definition) is 0. The zero-order valence-electron chi connectivity index (χ0n) is 21.1. The van der Waals surface area contributed by atoms with Gasteiger partial charge in [-0.2, -0.15) is 47.9 Å². The van der Waals surface area contributed by atoms with Gasteiger partial charge in [-0.3, -0.25) is 0 Å². The summed E-state index contributed by atoms with van der Waals surface area (Å²) in [4.78, 5) is -0.634. The van der Waals surface area contributed by atoms with Crippen LogP contribution in [0, 0.1) is 0 Å². The molecule has 0 spiro atoms. The summed E-state index contributed by atoms with van der Waals surface area (Å²) in [5.74, 6) is -15.0. The summed E-state index contributed by atoms with van der Waals surface area (Å²) >= 11 is 0. The molecule has 0 aromatic heterocycles. The Morgan fingerprint density at radius 1 is 0.659 bits per heavy atom. The molecule has 0 atom stereocenters. The molecule has 15 heteroatoms. The highest BCUT2D eigenvalue weighted by Crippen LogP contribution is 2.73. The summed E-state index contributed by atoms with van der Waals surface area (Å²) in [6.07, 6.45) is -6.08. The lowest BCUT2D eigenvalue weighted by atomic mass is 10.1. The average Bonchev–Trinajstić information content (AvgIpc) is 2.92. The Hall–Kier alpha value is -2.91. The van der Waals surface area contributed by atoms with Crippen LogP contribution in [0.15, 0.2) is 99.6 Å². The summed E-state index contributed by atoms with van der Waals surface area (Å²) in [5, 5.41) is -7.06. The topological polar surface area (TPSA) is 52.6 Å². The highest BCUT2D eigenvalue weighted by molar-refractivity contribution is 8.33. The van der Waals surface area contributed by atoms with Gasteiger partial charge in [-0.05, 0) is 53.1 Å². The number of ether oxygens (including phenoxy) is 1. The summed E-state index contributed by atoms with van der Waals surface area (Å²) in [7, 11) is -11.4. The van der Waals surface area contributed by atoms with Gasteiger partial charge in [0.2, 0.25) is 0 Å². The van der Waals surface area contributed by atoms with Gasteiger partial charge >= 0.3 is 33.4 Å². The highest BCUT2D eigenvalue weighted by Gasteiger charge is 2.86. The normalized spacial score (nSPS) is 14.1. The number of hydrogen-bond acceptors (Lipinski definition) is 4. The molecule has 0 saturated heterocycles. The lowest BCUT2D eigenvalue weighted by Gasteiger charge is -2.41. The first-order chi connectivity index (χ1) is 19.0. The van der Waals surface area contributed by atoms with Gasteiger partial charge < -0.3 is 4.74 Å². The van der Waals surface area contributed by atoms with E-state index in [0.717, 1.165) is 0 Å². The average molecular weight is 635 g/mol. The number of alkyl halides is 9. The zero-order chi connectivity index (χ0) is 30.7. The largest absolute Gasteiger partial charge is 0.492 e. The molecule has 3 rings (SSSR count). The second-order valence-corrected chi connectivity index (χ2v) is 13.0. The molecule has 41 heavy (non-hydrogen) atoms. The van der Waals surface area contributed by atoms with Crippen molar-refractivity contribution in [2.75, 3.05) is 6.61 Å². The molecule has 0 unspecified atom stereocenters. The van der Waals surface area contributed by atoms with Gasteiger partial charge in [-0.1, -0.05) is 61.9 Å². The maximum absolute atomic E-state index is 15.0. The minimum atomic E-state index is -7.47. The van der Waals surface area contributed by atoms with Crippen LogP contribution in [0.1, 0.15) is 19.8 Å². The molecular weight excluding hydrogens is 611 g/mol. The van der Waals surface area contributed by atoms with Crippen LogP contribution in [0.3, 0.4) is 0 Å². The lowest BCUT2D eigenvalue weighted by Crippen LogP contribution is -2.63. The van der Waals surface area contributed by atoms with E-state index in [-0.39, 0.29) is 27.0 Å². The SMILES string of the molecule is CCCCOc1ccccc1S(OS(=O)(=O)C(F)(F)C(F)(F)C(F)(F)C(F)(F)F)(c1ccccc1)c1ccccc1. The Morgan fingerprint density at radius 3 is 1.59 bits per heavy atom. The minimum absolute atomic E-state index is 0.0470. The fraction of sp³-hybridized carbons (Fsp3) is 0.308. The molecule has 0 saturated carbocycles. The third-order valence-electron chi connectivity index (χ3n) is 5.69. The van der Waals surface area contributed by atoms with Crippen molar-refractivity contribution in [2.24, 2.45) is 0 Å². The number of unbranched alkanes of at least 4 members (excludes halogenated alkanes) is 1. The Morgan fingerprint density at radius 2 is 1.12 bits per heavy atom. The molecule has 226 valence electrons. The van der Waals surface area contributed by atoms with Crippen molar-refractivity contribution in [3.8, 4) is 5.75 Å². The summed E-state index contributed by atoms with van der Waals surface area (Å²) in [6, 6.07) is 18.4. The molecule has 0 heterocycles. The molecule has 0 N–H and O–H groups in total. The van der Waals surface area contributed by atoms with Crippen LogP contribution in [0.25, 0.3) is 0 Å². The van der Waals surface area contributed by atoms with Gasteiger partial charge in [-0.15, -0.1) is 0 Å². The fourth-order valence-corrected chi connectivity index (χ4v) is 8.88. The first-order valence-corrected chi connectivity index (χ1v) is 14.7. The monoisotopic (exact) mass is 634 g/mol. The second-order valence-electron chi connectivity index (χ2n) is 8.52. The first-order valence-electron chi connectivity index (χ1n) is 11.8. The van der Waals surface area contributed by atoms with E-state index < -0.39 is 43.7 Å². The van der Waals surface area contributed by atoms with Crippen LogP contribution in [0.2, 0.25) is 0 Å². The van der Waals surface area contributed by atoms with Gasteiger partial charge in [0, 0.05) is 9.79 Å². The van der Waals surface area contributed by atoms with E-state index >= 15 is 0 Å². The molecule has 0 aliphatic carbocycles. The lowest BCUT2D eigenvalue weighted by molar-refractivity contribution is -0.382. The molecule has 3 aromatic rings. The van der Waals surface area contributed by atoms with E-state index in [1.165, 1.54) is 84.9 Å². The van der Waals surface area contributed by atoms with E-state index in [4.69, 9.17) is 8.37 Å². The van der Waals surface area contributed by atoms with Crippen molar-refractivity contribution in [1.82, 2.24) is 0 Å². The van der Waals surface area contributed by atoms with Gasteiger partial charge in [-0.25, -0.2) is 3.63 Å². The Kier molecular flexibility index (Phi) is 9.35. The van der Waals surface area contributed by atoms with Crippen molar-refractivity contribution in [2.45, 2.75) is 57.7 Å². The third-order valence-corrected chi connectivity index (χ3v) is 10.9. The standard InChI is InChI=1S/C26H23F9O4S2/c1-2-3-18-38-21-16-10-11-17-22(21)40(19-12-6-4-7-13-19,20-14-8-5-9-15-20)39-41(36,37)26(34,35)24(29,30)23(27,28)25(31,32)33/h4-17H,2-3,18H2,1H3. The van der Waals surface area contributed by atoms with E-state index in [9.17, 15) is 47.9 Å².